The van der Waals surface area contributed by atoms with E-state index in [4.69, 9.17) is 10.5 Å². The minimum Gasteiger partial charge on any atom is -0.381 e. The summed E-state index contributed by atoms with van der Waals surface area (Å²) in [7, 11) is 0. The van der Waals surface area contributed by atoms with Crippen molar-refractivity contribution in [3.63, 3.8) is 0 Å². The Morgan fingerprint density at radius 1 is 1.39 bits per heavy atom. The average Bonchev–Trinajstić information content (AvgIpc) is 2.81. The third kappa shape index (κ3) is 3.23. The van der Waals surface area contributed by atoms with Crippen LogP contribution in [0.5, 0.6) is 0 Å². The van der Waals surface area contributed by atoms with Crippen LogP contribution in [0.4, 0.5) is 13.2 Å². The van der Waals surface area contributed by atoms with Gasteiger partial charge < -0.3 is 10.5 Å². The summed E-state index contributed by atoms with van der Waals surface area (Å²) in [6.45, 7) is 1.31. The van der Waals surface area contributed by atoms with Crippen LogP contribution in [0.3, 0.4) is 0 Å². The largest absolute Gasteiger partial charge is 0.416 e. The quantitative estimate of drug-likeness (QED) is 0.905. The zero-order chi connectivity index (χ0) is 13.2. The molecule has 5 heteroatoms. The molecule has 0 amide bonds. The van der Waals surface area contributed by atoms with E-state index < -0.39 is 11.7 Å². The highest BCUT2D eigenvalue weighted by Crippen LogP contribution is 2.30. The molecule has 0 bridgehead atoms. The average molecular weight is 259 g/mol. The highest BCUT2D eigenvalue weighted by molar-refractivity contribution is 5.26. The second kappa shape index (κ2) is 5.28. The molecular weight excluding hydrogens is 243 g/mol. The fourth-order valence-corrected chi connectivity index (χ4v) is 2.20. The van der Waals surface area contributed by atoms with Crippen LogP contribution in [-0.4, -0.2) is 19.3 Å². The van der Waals surface area contributed by atoms with Crippen molar-refractivity contribution >= 4 is 0 Å². The molecule has 2 unspecified atom stereocenters. The van der Waals surface area contributed by atoms with E-state index >= 15 is 0 Å². The number of rotatable bonds is 3. The number of benzene rings is 1. The Hall–Kier alpha value is -1.07. The maximum atomic E-state index is 12.6. The molecule has 0 aliphatic carbocycles. The highest BCUT2D eigenvalue weighted by atomic mass is 19.4. The second-order valence-corrected chi connectivity index (χ2v) is 4.69. The Bertz CT molecular complexity index is 399. The molecular formula is C13H16F3NO. The summed E-state index contributed by atoms with van der Waals surface area (Å²) in [5, 5.41) is 0. The predicted molar refractivity (Wildman–Crippen MR) is 62.0 cm³/mol. The van der Waals surface area contributed by atoms with Crippen LogP contribution in [0.1, 0.15) is 17.5 Å². The lowest BCUT2D eigenvalue weighted by Crippen LogP contribution is -2.32. The third-order valence-corrected chi connectivity index (χ3v) is 3.30. The SMILES string of the molecule is NC(Cc1cccc(C(F)(F)F)c1)C1CCOC1. The minimum absolute atomic E-state index is 0.143. The molecule has 0 saturated carbocycles. The molecule has 1 saturated heterocycles. The first-order valence-corrected chi connectivity index (χ1v) is 5.96. The van der Waals surface area contributed by atoms with Gasteiger partial charge in [-0.3, -0.25) is 0 Å². The Balaban J connectivity index is 2.04. The first-order valence-electron chi connectivity index (χ1n) is 5.96. The van der Waals surface area contributed by atoms with Gasteiger partial charge >= 0.3 is 6.18 Å². The molecule has 2 atom stereocenters. The molecule has 0 radical (unpaired) electrons. The van der Waals surface area contributed by atoms with Crippen LogP contribution in [0, 0.1) is 5.92 Å². The molecule has 1 heterocycles. The monoisotopic (exact) mass is 259 g/mol. The van der Waals surface area contributed by atoms with Crippen LogP contribution < -0.4 is 5.73 Å². The molecule has 18 heavy (non-hydrogen) atoms. The summed E-state index contributed by atoms with van der Waals surface area (Å²) in [6, 6.07) is 5.22. The number of ether oxygens (including phenoxy) is 1. The van der Waals surface area contributed by atoms with Crippen LogP contribution >= 0.6 is 0 Å². The third-order valence-electron chi connectivity index (χ3n) is 3.30. The molecule has 0 aromatic heterocycles. The molecule has 2 rings (SSSR count). The second-order valence-electron chi connectivity index (χ2n) is 4.69. The molecule has 2 N–H and O–H groups in total. The van der Waals surface area contributed by atoms with Gasteiger partial charge in [0.2, 0.25) is 0 Å². The van der Waals surface area contributed by atoms with E-state index in [1.165, 1.54) is 12.1 Å². The summed E-state index contributed by atoms with van der Waals surface area (Å²) < 4.78 is 42.9. The maximum Gasteiger partial charge on any atom is 0.416 e. The van der Waals surface area contributed by atoms with Crippen molar-refractivity contribution < 1.29 is 17.9 Å². The van der Waals surface area contributed by atoms with Gasteiger partial charge in [0.25, 0.3) is 0 Å². The van der Waals surface area contributed by atoms with E-state index in [2.05, 4.69) is 0 Å². The molecule has 1 aromatic carbocycles. The molecule has 2 nitrogen and oxygen atoms in total. The molecule has 1 fully saturated rings. The minimum atomic E-state index is -4.30. The van der Waals surface area contributed by atoms with Gasteiger partial charge in [-0.2, -0.15) is 13.2 Å². The smallest absolute Gasteiger partial charge is 0.381 e. The van der Waals surface area contributed by atoms with Gasteiger partial charge in [0.1, 0.15) is 0 Å². The number of alkyl halides is 3. The number of hydrogen-bond donors (Lipinski definition) is 1. The zero-order valence-corrected chi connectivity index (χ0v) is 9.91. The summed E-state index contributed by atoms with van der Waals surface area (Å²) >= 11 is 0. The van der Waals surface area contributed by atoms with Gasteiger partial charge in [0.15, 0.2) is 0 Å². The van der Waals surface area contributed by atoms with Gasteiger partial charge in [-0.1, -0.05) is 18.2 Å². The van der Waals surface area contributed by atoms with Crippen LogP contribution in [-0.2, 0) is 17.3 Å². The van der Waals surface area contributed by atoms with E-state index in [0.29, 0.717) is 25.2 Å². The predicted octanol–water partition coefficient (Wildman–Crippen LogP) is 2.61. The lowest BCUT2D eigenvalue weighted by Gasteiger charge is -2.18. The van der Waals surface area contributed by atoms with E-state index in [9.17, 15) is 13.2 Å². The van der Waals surface area contributed by atoms with E-state index in [1.54, 1.807) is 6.07 Å². The van der Waals surface area contributed by atoms with Crippen LogP contribution in [0.15, 0.2) is 24.3 Å². The summed E-state index contributed by atoms with van der Waals surface area (Å²) in [5.41, 5.74) is 6.02. The first-order chi connectivity index (χ1) is 8.47. The lowest BCUT2D eigenvalue weighted by atomic mass is 9.93. The summed E-state index contributed by atoms with van der Waals surface area (Å²) in [5.74, 6) is 0.250. The molecule has 100 valence electrons. The normalized spacial score (nSPS) is 22.1. The maximum absolute atomic E-state index is 12.6. The highest BCUT2D eigenvalue weighted by Gasteiger charge is 2.30. The van der Waals surface area contributed by atoms with Crippen molar-refractivity contribution in [2.75, 3.05) is 13.2 Å². The fourth-order valence-electron chi connectivity index (χ4n) is 2.20. The van der Waals surface area contributed by atoms with Crippen LogP contribution in [0.2, 0.25) is 0 Å². The summed E-state index contributed by atoms with van der Waals surface area (Å²) in [4.78, 5) is 0. The van der Waals surface area contributed by atoms with Gasteiger partial charge in [-0.15, -0.1) is 0 Å². The zero-order valence-electron chi connectivity index (χ0n) is 9.91. The molecule has 1 aromatic rings. The Morgan fingerprint density at radius 2 is 2.17 bits per heavy atom. The standard InChI is InChI=1S/C13H16F3NO/c14-13(15,16)11-3-1-2-9(6-11)7-12(17)10-4-5-18-8-10/h1-3,6,10,12H,4-5,7-8,17H2. The van der Waals surface area contributed by atoms with E-state index in [0.717, 1.165) is 12.5 Å². The number of nitrogens with two attached hydrogens (primary N) is 1. The van der Waals surface area contributed by atoms with Crippen molar-refractivity contribution in [3.05, 3.63) is 35.4 Å². The van der Waals surface area contributed by atoms with Crippen molar-refractivity contribution in [1.82, 2.24) is 0 Å². The molecule has 1 aliphatic heterocycles. The number of hydrogen-bond acceptors (Lipinski definition) is 2. The molecule has 1 aliphatic rings. The Morgan fingerprint density at radius 3 is 2.78 bits per heavy atom. The van der Waals surface area contributed by atoms with Crippen LogP contribution in [0.25, 0.3) is 0 Å². The van der Waals surface area contributed by atoms with Crippen molar-refractivity contribution in [3.8, 4) is 0 Å². The van der Waals surface area contributed by atoms with Gasteiger partial charge in [0.05, 0.1) is 12.2 Å². The van der Waals surface area contributed by atoms with Gasteiger partial charge in [-0.25, -0.2) is 0 Å². The van der Waals surface area contributed by atoms with Crippen molar-refractivity contribution in [2.24, 2.45) is 11.7 Å². The van der Waals surface area contributed by atoms with E-state index in [-0.39, 0.29) is 12.0 Å². The van der Waals surface area contributed by atoms with Gasteiger partial charge in [-0.05, 0) is 30.4 Å². The van der Waals surface area contributed by atoms with Crippen molar-refractivity contribution in [1.29, 1.82) is 0 Å². The lowest BCUT2D eigenvalue weighted by molar-refractivity contribution is -0.137. The van der Waals surface area contributed by atoms with Crippen molar-refractivity contribution in [2.45, 2.75) is 25.1 Å². The topological polar surface area (TPSA) is 35.2 Å². The first kappa shape index (κ1) is 13.4. The Labute approximate surface area is 104 Å². The van der Waals surface area contributed by atoms with E-state index in [1.807, 2.05) is 0 Å². The van der Waals surface area contributed by atoms with Gasteiger partial charge in [0, 0.05) is 12.6 Å². The summed E-state index contributed by atoms with van der Waals surface area (Å²) in [6.07, 6.45) is -2.95. The number of halogens is 3. The molecule has 0 spiro atoms. The Kier molecular flexibility index (Phi) is 3.92. The fraction of sp³-hybridized carbons (Fsp3) is 0.538.